The van der Waals surface area contributed by atoms with Crippen molar-refractivity contribution in [3.05, 3.63) is 46.3 Å². The van der Waals surface area contributed by atoms with Crippen molar-refractivity contribution in [2.24, 2.45) is 0 Å². The number of aromatic nitrogens is 4. The van der Waals surface area contributed by atoms with Crippen molar-refractivity contribution in [2.75, 3.05) is 7.05 Å². The predicted octanol–water partition coefficient (Wildman–Crippen LogP) is 2.94. The van der Waals surface area contributed by atoms with Crippen LogP contribution in [0.5, 0.6) is 0 Å². The van der Waals surface area contributed by atoms with Crippen LogP contribution in [0, 0.1) is 0 Å². The summed E-state index contributed by atoms with van der Waals surface area (Å²) < 4.78 is 1.78. The number of pyridine rings is 1. The highest BCUT2D eigenvalue weighted by Gasteiger charge is 2.09. The second-order valence-electron chi connectivity index (χ2n) is 5.60. The number of fused-ring (bicyclic) bond motifs is 1. The van der Waals surface area contributed by atoms with E-state index in [9.17, 15) is 0 Å². The van der Waals surface area contributed by atoms with Crippen LogP contribution >= 0.6 is 11.3 Å². The summed E-state index contributed by atoms with van der Waals surface area (Å²) in [7, 11) is 2.11. The number of hydrogen-bond acceptors (Lipinski definition) is 5. The van der Waals surface area contributed by atoms with Crippen LogP contribution in [-0.2, 0) is 13.1 Å². The lowest BCUT2D eigenvalue weighted by Gasteiger charge is -2.15. The summed E-state index contributed by atoms with van der Waals surface area (Å²) >= 11 is 1.75. The fourth-order valence-electron chi connectivity index (χ4n) is 2.26. The lowest BCUT2D eigenvalue weighted by molar-refractivity contribution is 0.315. The monoisotopic (exact) mass is 301 g/mol. The molecular formula is C15H19N5S. The minimum atomic E-state index is 0.504. The van der Waals surface area contributed by atoms with Gasteiger partial charge in [0.2, 0.25) is 0 Å². The van der Waals surface area contributed by atoms with Crippen molar-refractivity contribution in [3.63, 3.8) is 0 Å². The van der Waals surface area contributed by atoms with Gasteiger partial charge in [-0.2, -0.15) is 5.10 Å². The van der Waals surface area contributed by atoms with Gasteiger partial charge in [0.1, 0.15) is 6.33 Å². The summed E-state index contributed by atoms with van der Waals surface area (Å²) in [5.74, 6) is 0.504. The molecule has 0 aliphatic carbocycles. The fourth-order valence-corrected chi connectivity index (χ4v) is 3.09. The molecule has 0 unspecified atom stereocenters. The average Bonchev–Trinajstić information content (AvgIpc) is 3.06. The largest absolute Gasteiger partial charge is 0.296 e. The Labute approximate surface area is 128 Å². The SMILES string of the molecule is CC(C)c1nc(CN(C)Cc2ccn3ncnc3c2)cs1. The molecule has 0 aliphatic heterocycles. The first kappa shape index (κ1) is 14.2. The topological polar surface area (TPSA) is 46.3 Å². The Morgan fingerprint density at radius 1 is 1.33 bits per heavy atom. The van der Waals surface area contributed by atoms with Gasteiger partial charge in [-0.15, -0.1) is 11.3 Å². The molecule has 3 heterocycles. The standard InChI is InChI=1S/C15H19N5S/c1-11(2)15-18-13(9-21-15)8-19(3)7-12-4-5-20-14(6-12)16-10-17-20/h4-6,9-11H,7-8H2,1-3H3. The lowest BCUT2D eigenvalue weighted by Crippen LogP contribution is -2.17. The van der Waals surface area contributed by atoms with Crippen LogP contribution in [-0.4, -0.2) is 31.5 Å². The maximum atomic E-state index is 4.68. The third-order valence-electron chi connectivity index (χ3n) is 3.29. The molecule has 6 heteroatoms. The summed E-state index contributed by atoms with van der Waals surface area (Å²) in [6.45, 7) is 6.10. The van der Waals surface area contributed by atoms with Gasteiger partial charge in [0.05, 0.1) is 10.7 Å². The summed E-state index contributed by atoms with van der Waals surface area (Å²) in [6.07, 6.45) is 3.52. The molecule has 0 saturated heterocycles. The Morgan fingerprint density at radius 3 is 2.95 bits per heavy atom. The molecule has 3 aromatic heterocycles. The van der Waals surface area contributed by atoms with Gasteiger partial charge >= 0.3 is 0 Å². The Balaban J connectivity index is 1.66. The van der Waals surface area contributed by atoms with Crippen molar-refractivity contribution in [1.82, 2.24) is 24.5 Å². The van der Waals surface area contributed by atoms with Crippen LogP contribution in [0.1, 0.15) is 36.0 Å². The zero-order chi connectivity index (χ0) is 14.8. The van der Waals surface area contributed by atoms with Gasteiger partial charge in [-0.3, -0.25) is 4.90 Å². The number of thiazole rings is 1. The molecule has 0 atom stereocenters. The van der Waals surface area contributed by atoms with Gasteiger partial charge < -0.3 is 0 Å². The normalized spacial score (nSPS) is 11.9. The van der Waals surface area contributed by atoms with Crippen molar-refractivity contribution in [2.45, 2.75) is 32.9 Å². The van der Waals surface area contributed by atoms with Gasteiger partial charge in [0.25, 0.3) is 0 Å². The first-order chi connectivity index (χ1) is 10.1. The zero-order valence-corrected chi connectivity index (χ0v) is 13.3. The van der Waals surface area contributed by atoms with Gasteiger partial charge in [-0.05, 0) is 24.7 Å². The Kier molecular flexibility index (Phi) is 3.98. The quantitative estimate of drug-likeness (QED) is 0.727. The highest BCUT2D eigenvalue weighted by atomic mass is 32.1. The molecule has 3 aromatic rings. The zero-order valence-electron chi connectivity index (χ0n) is 12.5. The van der Waals surface area contributed by atoms with Gasteiger partial charge in [0, 0.05) is 30.6 Å². The number of hydrogen-bond donors (Lipinski definition) is 0. The molecule has 3 rings (SSSR count). The smallest absolute Gasteiger partial charge is 0.155 e. The van der Waals surface area contributed by atoms with E-state index >= 15 is 0 Å². The van der Waals surface area contributed by atoms with E-state index in [0.717, 1.165) is 24.4 Å². The van der Waals surface area contributed by atoms with E-state index in [-0.39, 0.29) is 0 Å². The first-order valence-corrected chi connectivity index (χ1v) is 7.91. The average molecular weight is 301 g/mol. The van der Waals surface area contributed by atoms with Gasteiger partial charge in [0.15, 0.2) is 5.65 Å². The minimum absolute atomic E-state index is 0.504. The van der Waals surface area contributed by atoms with Gasteiger partial charge in [-0.25, -0.2) is 14.5 Å². The van der Waals surface area contributed by atoms with Crippen LogP contribution in [0.3, 0.4) is 0 Å². The molecule has 21 heavy (non-hydrogen) atoms. The van der Waals surface area contributed by atoms with E-state index in [2.05, 4.69) is 58.4 Å². The van der Waals surface area contributed by atoms with Gasteiger partial charge in [-0.1, -0.05) is 13.8 Å². The van der Waals surface area contributed by atoms with Crippen molar-refractivity contribution in [3.8, 4) is 0 Å². The Bertz CT molecular complexity index is 730. The molecule has 0 saturated carbocycles. The Morgan fingerprint density at radius 2 is 2.19 bits per heavy atom. The van der Waals surface area contributed by atoms with E-state index in [1.54, 1.807) is 22.2 Å². The number of rotatable bonds is 5. The van der Waals surface area contributed by atoms with Crippen LogP contribution in [0.4, 0.5) is 0 Å². The predicted molar refractivity (Wildman–Crippen MR) is 84.4 cm³/mol. The second kappa shape index (κ2) is 5.91. The minimum Gasteiger partial charge on any atom is -0.296 e. The summed E-state index contributed by atoms with van der Waals surface area (Å²) in [5, 5.41) is 7.48. The van der Waals surface area contributed by atoms with Crippen molar-refractivity contribution >= 4 is 17.0 Å². The van der Waals surface area contributed by atoms with Crippen LogP contribution in [0.2, 0.25) is 0 Å². The molecule has 110 valence electrons. The Hall–Kier alpha value is -1.79. The van der Waals surface area contributed by atoms with E-state index in [1.165, 1.54) is 10.6 Å². The maximum absolute atomic E-state index is 4.68. The third-order valence-corrected chi connectivity index (χ3v) is 4.49. The summed E-state index contributed by atoms with van der Waals surface area (Å²) in [4.78, 5) is 11.2. The third kappa shape index (κ3) is 3.28. The highest BCUT2D eigenvalue weighted by Crippen LogP contribution is 2.20. The molecule has 0 aromatic carbocycles. The molecule has 0 bridgehead atoms. The second-order valence-corrected chi connectivity index (χ2v) is 6.49. The lowest BCUT2D eigenvalue weighted by atomic mass is 10.2. The van der Waals surface area contributed by atoms with Crippen LogP contribution in [0.25, 0.3) is 5.65 Å². The van der Waals surface area contributed by atoms with E-state index < -0.39 is 0 Å². The molecular weight excluding hydrogens is 282 g/mol. The maximum Gasteiger partial charge on any atom is 0.155 e. The summed E-state index contributed by atoms with van der Waals surface area (Å²) in [5.41, 5.74) is 3.27. The van der Waals surface area contributed by atoms with Crippen molar-refractivity contribution < 1.29 is 0 Å². The van der Waals surface area contributed by atoms with Crippen LogP contribution in [0.15, 0.2) is 30.0 Å². The first-order valence-electron chi connectivity index (χ1n) is 7.03. The van der Waals surface area contributed by atoms with E-state index in [4.69, 9.17) is 0 Å². The summed E-state index contributed by atoms with van der Waals surface area (Å²) in [6, 6.07) is 4.16. The molecule has 0 amide bonds. The molecule has 0 radical (unpaired) electrons. The molecule has 5 nitrogen and oxygen atoms in total. The fraction of sp³-hybridized carbons (Fsp3) is 0.400. The highest BCUT2D eigenvalue weighted by molar-refractivity contribution is 7.09. The molecule has 0 N–H and O–H groups in total. The van der Waals surface area contributed by atoms with E-state index in [1.807, 2.05) is 6.20 Å². The van der Waals surface area contributed by atoms with E-state index in [0.29, 0.717) is 5.92 Å². The van der Waals surface area contributed by atoms with Crippen molar-refractivity contribution in [1.29, 1.82) is 0 Å². The molecule has 0 aliphatic rings. The molecule has 0 fully saturated rings. The van der Waals surface area contributed by atoms with Crippen LogP contribution < -0.4 is 0 Å². The molecule has 0 spiro atoms. The number of nitrogens with zero attached hydrogens (tertiary/aromatic N) is 5.